The molecule has 1 heterocycles. The molecule has 1 aromatic heterocycles. The van der Waals surface area contributed by atoms with Gasteiger partial charge in [-0.2, -0.15) is 0 Å². The Hall–Kier alpha value is -2.20. The van der Waals surface area contributed by atoms with Crippen molar-refractivity contribution in [1.29, 1.82) is 0 Å². The first-order valence-electron chi connectivity index (χ1n) is 8.86. The van der Waals surface area contributed by atoms with E-state index in [0.717, 1.165) is 28.0 Å². The molecular weight excluding hydrogens is 330 g/mol. The second-order valence-electron chi connectivity index (χ2n) is 6.49. The van der Waals surface area contributed by atoms with E-state index in [9.17, 15) is 4.79 Å². The number of fused-ring (bicyclic) bond motifs is 1. The molecule has 0 radical (unpaired) electrons. The molecule has 4 heteroatoms. The number of anilines is 1. The number of hydrogen-bond acceptors (Lipinski definition) is 4. The molecule has 3 aromatic rings. The van der Waals surface area contributed by atoms with Gasteiger partial charge in [0.25, 0.3) is 0 Å². The maximum absolute atomic E-state index is 12.4. The van der Waals surface area contributed by atoms with E-state index in [4.69, 9.17) is 4.42 Å². The molecule has 0 bridgehead atoms. The summed E-state index contributed by atoms with van der Waals surface area (Å²) >= 11 is 1.65. The van der Waals surface area contributed by atoms with Gasteiger partial charge in [0.05, 0.1) is 10.3 Å². The second kappa shape index (κ2) is 7.36. The lowest BCUT2D eigenvalue weighted by molar-refractivity contribution is 0.441. The summed E-state index contributed by atoms with van der Waals surface area (Å²) in [5.41, 5.74) is -0.272. The Morgan fingerprint density at radius 2 is 1.56 bits per heavy atom. The SMILES string of the molecule is O=c1oc(NC2CCCCC2)c(Sc2ccccc2)c2ccccc12. The Bertz CT molecular complexity index is 914. The minimum atomic E-state index is -0.272. The summed E-state index contributed by atoms with van der Waals surface area (Å²) < 4.78 is 5.71. The van der Waals surface area contributed by atoms with Gasteiger partial charge in [0.15, 0.2) is 0 Å². The molecular formula is C21H21NO2S. The molecule has 1 N–H and O–H groups in total. The van der Waals surface area contributed by atoms with Crippen molar-refractivity contribution in [3.05, 3.63) is 65.0 Å². The van der Waals surface area contributed by atoms with Gasteiger partial charge in [-0.25, -0.2) is 4.79 Å². The molecule has 1 aliphatic carbocycles. The van der Waals surface area contributed by atoms with Crippen LogP contribution >= 0.6 is 11.8 Å². The number of benzene rings is 2. The van der Waals surface area contributed by atoms with Crippen LogP contribution in [-0.2, 0) is 0 Å². The van der Waals surface area contributed by atoms with Crippen LogP contribution in [0.2, 0.25) is 0 Å². The molecule has 0 atom stereocenters. The summed E-state index contributed by atoms with van der Waals surface area (Å²) in [6.07, 6.45) is 6.02. The van der Waals surface area contributed by atoms with Crippen molar-refractivity contribution >= 4 is 28.4 Å². The van der Waals surface area contributed by atoms with E-state index < -0.39 is 0 Å². The lowest BCUT2D eigenvalue weighted by atomic mass is 9.95. The van der Waals surface area contributed by atoms with Crippen molar-refractivity contribution in [2.75, 3.05) is 5.32 Å². The molecule has 4 rings (SSSR count). The van der Waals surface area contributed by atoms with Crippen LogP contribution in [0.4, 0.5) is 5.88 Å². The smallest absolute Gasteiger partial charge is 0.345 e. The predicted octanol–water partition coefficient (Wildman–Crippen LogP) is 5.69. The van der Waals surface area contributed by atoms with Crippen molar-refractivity contribution in [2.45, 2.75) is 47.9 Å². The normalized spacial score (nSPS) is 15.4. The third-order valence-electron chi connectivity index (χ3n) is 4.70. The molecule has 1 fully saturated rings. The standard InChI is InChI=1S/C21H21NO2S/c23-21-18-14-8-7-13-17(18)19(25-16-11-5-2-6-12-16)20(24-21)22-15-9-3-1-4-10-15/h2,5-8,11-15,22H,1,3-4,9-10H2. The van der Waals surface area contributed by atoms with Crippen LogP contribution in [-0.4, -0.2) is 6.04 Å². The van der Waals surface area contributed by atoms with Gasteiger partial charge in [0.1, 0.15) is 0 Å². The fourth-order valence-electron chi connectivity index (χ4n) is 3.41. The van der Waals surface area contributed by atoms with Crippen molar-refractivity contribution < 1.29 is 4.42 Å². The quantitative estimate of drug-likeness (QED) is 0.656. The lowest BCUT2D eigenvalue weighted by Crippen LogP contribution is -2.23. The van der Waals surface area contributed by atoms with Crippen LogP contribution in [0.3, 0.4) is 0 Å². The van der Waals surface area contributed by atoms with Crippen molar-refractivity contribution in [3.63, 3.8) is 0 Å². The zero-order valence-corrected chi connectivity index (χ0v) is 14.9. The first kappa shape index (κ1) is 16.3. The van der Waals surface area contributed by atoms with Crippen LogP contribution in [0.1, 0.15) is 32.1 Å². The van der Waals surface area contributed by atoms with E-state index in [1.165, 1.54) is 19.3 Å². The van der Waals surface area contributed by atoms with E-state index >= 15 is 0 Å². The summed E-state index contributed by atoms with van der Waals surface area (Å²) in [4.78, 5) is 14.6. The minimum Gasteiger partial charge on any atom is -0.405 e. The van der Waals surface area contributed by atoms with E-state index in [0.29, 0.717) is 17.3 Å². The van der Waals surface area contributed by atoms with Crippen molar-refractivity contribution in [1.82, 2.24) is 0 Å². The van der Waals surface area contributed by atoms with E-state index in [1.54, 1.807) is 11.8 Å². The van der Waals surface area contributed by atoms with Gasteiger partial charge in [0, 0.05) is 16.3 Å². The fourth-order valence-corrected chi connectivity index (χ4v) is 4.42. The summed E-state index contributed by atoms with van der Waals surface area (Å²) in [6, 6.07) is 18.3. The van der Waals surface area contributed by atoms with Crippen molar-refractivity contribution in [2.24, 2.45) is 0 Å². The average molecular weight is 351 g/mol. The highest BCUT2D eigenvalue weighted by atomic mass is 32.2. The Kier molecular flexibility index (Phi) is 4.79. The highest BCUT2D eigenvalue weighted by molar-refractivity contribution is 7.99. The van der Waals surface area contributed by atoms with Gasteiger partial charge in [-0.05, 0) is 31.0 Å². The Labute approximate surface area is 151 Å². The third-order valence-corrected chi connectivity index (χ3v) is 5.81. The molecule has 25 heavy (non-hydrogen) atoms. The monoisotopic (exact) mass is 351 g/mol. The number of hydrogen-bond donors (Lipinski definition) is 1. The molecule has 1 aliphatic rings. The lowest BCUT2D eigenvalue weighted by Gasteiger charge is -2.24. The molecule has 2 aromatic carbocycles. The number of nitrogens with one attached hydrogen (secondary N) is 1. The van der Waals surface area contributed by atoms with Crippen LogP contribution < -0.4 is 10.9 Å². The molecule has 128 valence electrons. The first-order chi connectivity index (χ1) is 12.3. The van der Waals surface area contributed by atoms with Gasteiger partial charge in [-0.15, -0.1) is 0 Å². The van der Waals surface area contributed by atoms with E-state index in [2.05, 4.69) is 17.4 Å². The second-order valence-corrected chi connectivity index (χ2v) is 7.57. The molecule has 0 unspecified atom stereocenters. The molecule has 0 aliphatic heterocycles. The molecule has 0 saturated heterocycles. The Balaban J connectivity index is 1.79. The maximum Gasteiger partial charge on any atom is 0.345 e. The van der Waals surface area contributed by atoms with Gasteiger partial charge in [0.2, 0.25) is 5.88 Å². The van der Waals surface area contributed by atoms with Gasteiger partial charge in [-0.1, -0.05) is 67.4 Å². The summed E-state index contributed by atoms with van der Waals surface area (Å²) in [5.74, 6) is 0.615. The fraction of sp³-hybridized carbons (Fsp3) is 0.286. The number of rotatable bonds is 4. The maximum atomic E-state index is 12.4. The largest absolute Gasteiger partial charge is 0.405 e. The van der Waals surface area contributed by atoms with E-state index in [-0.39, 0.29) is 5.63 Å². The highest BCUT2D eigenvalue weighted by Crippen LogP contribution is 2.38. The molecule has 1 saturated carbocycles. The Morgan fingerprint density at radius 1 is 0.880 bits per heavy atom. The predicted molar refractivity (Wildman–Crippen MR) is 104 cm³/mol. The van der Waals surface area contributed by atoms with Crippen LogP contribution in [0.25, 0.3) is 10.8 Å². The summed E-state index contributed by atoms with van der Waals surface area (Å²) in [6.45, 7) is 0. The van der Waals surface area contributed by atoms with E-state index in [1.807, 2.05) is 42.5 Å². The van der Waals surface area contributed by atoms with Gasteiger partial charge in [-0.3, -0.25) is 0 Å². The van der Waals surface area contributed by atoms with Gasteiger partial charge < -0.3 is 9.73 Å². The first-order valence-corrected chi connectivity index (χ1v) is 9.68. The average Bonchev–Trinajstić information content (AvgIpc) is 2.67. The zero-order chi connectivity index (χ0) is 17.1. The zero-order valence-electron chi connectivity index (χ0n) is 14.0. The third kappa shape index (κ3) is 3.59. The van der Waals surface area contributed by atoms with Crippen molar-refractivity contribution in [3.8, 4) is 0 Å². The minimum absolute atomic E-state index is 0.272. The molecule has 3 nitrogen and oxygen atoms in total. The summed E-state index contributed by atoms with van der Waals surface area (Å²) in [7, 11) is 0. The highest BCUT2D eigenvalue weighted by Gasteiger charge is 2.19. The van der Waals surface area contributed by atoms with Crippen LogP contribution in [0.5, 0.6) is 0 Å². The van der Waals surface area contributed by atoms with Crippen LogP contribution in [0.15, 0.2) is 73.6 Å². The van der Waals surface area contributed by atoms with Gasteiger partial charge >= 0.3 is 5.63 Å². The topological polar surface area (TPSA) is 42.2 Å². The Morgan fingerprint density at radius 3 is 2.32 bits per heavy atom. The molecule has 0 amide bonds. The van der Waals surface area contributed by atoms with Crippen LogP contribution in [0, 0.1) is 0 Å². The summed E-state index contributed by atoms with van der Waals surface area (Å²) in [5, 5.41) is 5.10. The molecule has 0 spiro atoms.